The third kappa shape index (κ3) is 5.91. The van der Waals surface area contributed by atoms with Gasteiger partial charge in [-0.05, 0) is 42.8 Å². The van der Waals surface area contributed by atoms with E-state index in [1.807, 2.05) is 19.1 Å². The third-order valence-electron chi connectivity index (χ3n) is 7.10. The van der Waals surface area contributed by atoms with E-state index in [1.165, 1.54) is 6.07 Å². The zero-order chi connectivity index (χ0) is 30.5. The summed E-state index contributed by atoms with van der Waals surface area (Å²) in [5.41, 5.74) is 3.52. The van der Waals surface area contributed by atoms with Gasteiger partial charge in [0.1, 0.15) is 23.9 Å². The summed E-state index contributed by atoms with van der Waals surface area (Å²) in [6.07, 6.45) is 3.87. The molecular weight excluding hydrogens is 559 g/mol. The molecule has 0 saturated carbocycles. The Kier molecular flexibility index (Phi) is 8.13. The van der Waals surface area contributed by atoms with Gasteiger partial charge in [0.05, 0.1) is 17.5 Å². The van der Waals surface area contributed by atoms with Crippen LogP contribution in [-0.4, -0.2) is 36.6 Å². The minimum atomic E-state index is -0.481. The molecule has 1 amide bonds. The summed E-state index contributed by atoms with van der Waals surface area (Å²) in [6, 6.07) is 25.7. The second-order valence-electron chi connectivity index (χ2n) is 9.95. The summed E-state index contributed by atoms with van der Waals surface area (Å²) in [6.45, 7) is 2.03. The van der Waals surface area contributed by atoms with Crippen molar-refractivity contribution in [2.75, 3.05) is 5.32 Å². The second kappa shape index (κ2) is 12.6. The minimum absolute atomic E-state index is 0.0780. The largest absolute Gasteiger partial charge is 0.457 e. The first-order valence-corrected chi connectivity index (χ1v) is 14.0. The molecule has 0 bridgehead atoms. The number of nitrogens with zero attached hydrogens (tertiary/aromatic N) is 5. The number of esters is 1. The Labute approximate surface area is 252 Å². The molecule has 0 spiro atoms. The summed E-state index contributed by atoms with van der Waals surface area (Å²) >= 11 is 0. The van der Waals surface area contributed by atoms with Crippen LogP contribution in [0, 0.1) is 5.82 Å². The molecule has 10 heteroatoms. The van der Waals surface area contributed by atoms with Crippen molar-refractivity contribution in [3.63, 3.8) is 0 Å². The molecule has 0 saturated heterocycles. The average molecular weight is 587 g/mol. The van der Waals surface area contributed by atoms with Crippen LogP contribution in [0.25, 0.3) is 22.6 Å². The van der Waals surface area contributed by atoms with Crippen LogP contribution in [0.5, 0.6) is 0 Å². The van der Waals surface area contributed by atoms with E-state index in [4.69, 9.17) is 14.8 Å². The van der Waals surface area contributed by atoms with Gasteiger partial charge in [0.2, 0.25) is 0 Å². The lowest BCUT2D eigenvalue weighted by Crippen LogP contribution is -2.18. The quantitative estimate of drug-likeness (QED) is 0.199. The van der Waals surface area contributed by atoms with E-state index in [0.717, 1.165) is 5.56 Å². The first-order valence-electron chi connectivity index (χ1n) is 14.0. The molecule has 3 heterocycles. The fourth-order valence-corrected chi connectivity index (χ4v) is 4.80. The molecule has 0 atom stereocenters. The number of ether oxygens (including phenoxy) is 1. The molecule has 3 aromatic heterocycles. The molecule has 6 rings (SSSR count). The Morgan fingerprint density at radius 1 is 0.864 bits per heavy atom. The first-order chi connectivity index (χ1) is 21.5. The Morgan fingerprint density at radius 2 is 1.61 bits per heavy atom. The van der Waals surface area contributed by atoms with Crippen molar-refractivity contribution in [3.05, 3.63) is 137 Å². The van der Waals surface area contributed by atoms with Crippen LogP contribution in [0.15, 0.2) is 103 Å². The number of nitrogens with one attached hydrogen (secondary N) is 1. The van der Waals surface area contributed by atoms with E-state index in [-0.39, 0.29) is 24.8 Å². The molecule has 0 fully saturated rings. The average Bonchev–Trinajstić information content (AvgIpc) is 3.43. The lowest BCUT2D eigenvalue weighted by atomic mass is 10.1. The van der Waals surface area contributed by atoms with Gasteiger partial charge in [0.25, 0.3) is 5.91 Å². The number of anilines is 1. The lowest BCUT2D eigenvalue weighted by molar-refractivity contribution is 0.0470. The molecule has 44 heavy (non-hydrogen) atoms. The van der Waals surface area contributed by atoms with Crippen molar-refractivity contribution in [2.45, 2.75) is 26.5 Å². The number of carbonyl (C=O) groups is 2. The maximum atomic E-state index is 14.4. The third-order valence-corrected chi connectivity index (χ3v) is 7.10. The van der Waals surface area contributed by atoms with Crippen LogP contribution in [-0.2, 0) is 24.3 Å². The van der Waals surface area contributed by atoms with Gasteiger partial charge in [-0.2, -0.15) is 5.10 Å². The number of hydrogen-bond acceptors (Lipinski definition) is 7. The Morgan fingerprint density at radius 3 is 2.41 bits per heavy atom. The van der Waals surface area contributed by atoms with E-state index in [2.05, 4.69) is 15.3 Å². The summed E-state index contributed by atoms with van der Waals surface area (Å²) in [7, 11) is 0. The highest BCUT2D eigenvalue weighted by Crippen LogP contribution is 2.27. The SMILES string of the molecule is CCc1cnc(-c2nn(Cc3ccccc3F)c3ncccc23)nc1NC(=O)c1ccccc1COC(=O)c1ccccc1. The summed E-state index contributed by atoms with van der Waals surface area (Å²) < 4.78 is 21.5. The molecule has 0 aliphatic heterocycles. The van der Waals surface area contributed by atoms with E-state index < -0.39 is 11.9 Å². The van der Waals surface area contributed by atoms with Gasteiger partial charge in [-0.3, -0.25) is 4.79 Å². The van der Waals surface area contributed by atoms with Crippen molar-refractivity contribution in [2.24, 2.45) is 0 Å². The molecule has 0 unspecified atom stereocenters. The summed E-state index contributed by atoms with van der Waals surface area (Å²) in [5.74, 6) is -0.609. The number of halogens is 1. The number of carbonyl (C=O) groups excluding carboxylic acids is 2. The fourth-order valence-electron chi connectivity index (χ4n) is 4.80. The van der Waals surface area contributed by atoms with E-state index in [1.54, 1.807) is 89.9 Å². The van der Waals surface area contributed by atoms with Gasteiger partial charge in [0.15, 0.2) is 11.5 Å². The van der Waals surface area contributed by atoms with Crippen LogP contribution < -0.4 is 5.32 Å². The molecule has 3 aromatic carbocycles. The van der Waals surface area contributed by atoms with E-state index in [9.17, 15) is 14.0 Å². The maximum Gasteiger partial charge on any atom is 0.338 e. The highest BCUT2D eigenvalue weighted by molar-refractivity contribution is 6.05. The Hall–Kier alpha value is -5.77. The topological polar surface area (TPSA) is 112 Å². The standard InChI is InChI=1S/C34H27FN6O3/c1-2-22-19-37-31(29-27-16-10-18-36-32(27)41(40-29)20-24-13-7-9-17-28(24)35)38-30(22)39-33(42)26-15-8-6-14-25(26)21-44-34(43)23-11-4-3-5-12-23/h3-19H,2,20-21H2,1H3,(H,37,38,39,42). The molecule has 0 aliphatic carbocycles. The predicted molar refractivity (Wildman–Crippen MR) is 163 cm³/mol. The van der Waals surface area contributed by atoms with Gasteiger partial charge in [-0.15, -0.1) is 0 Å². The molecule has 9 nitrogen and oxygen atoms in total. The van der Waals surface area contributed by atoms with Gasteiger partial charge in [-0.25, -0.2) is 28.8 Å². The molecular formula is C34H27FN6O3. The second-order valence-corrected chi connectivity index (χ2v) is 9.95. The first kappa shape index (κ1) is 28.4. The number of pyridine rings is 1. The molecule has 0 aliphatic rings. The zero-order valence-corrected chi connectivity index (χ0v) is 23.8. The molecule has 218 valence electrons. The number of fused-ring (bicyclic) bond motifs is 1. The smallest absolute Gasteiger partial charge is 0.338 e. The van der Waals surface area contributed by atoms with Crippen molar-refractivity contribution >= 4 is 28.7 Å². The van der Waals surface area contributed by atoms with Crippen molar-refractivity contribution < 1.29 is 18.7 Å². The van der Waals surface area contributed by atoms with E-state index >= 15 is 0 Å². The summed E-state index contributed by atoms with van der Waals surface area (Å²) in [4.78, 5) is 39.8. The Balaban J connectivity index is 1.28. The summed E-state index contributed by atoms with van der Waals surface area (Å²) in [5, 5.41) is 8.32. The van der Waals surface area contributed by atoms with Crippen LogP contribution in [0.1, 0.15) is 44.3 Å². The van der Waals surface area contributed by atoms with Gasteiger partial charge in [0, 0.05) is 34.6 Å². The maximum absolute atomic E-state index is 14.4. The number of benzene rings is 3. The van der Waals surface area contributed by atoms with Crippen LogP contribution in [0.2, 0.25) is 0 Å². The van der Waals surface area contributed by atoms with E-state index in [0.29, 0.717) is 51.2 Å². The highest BCUT2D eigenvalue weighted by atomic mass is 19.1. The highest BCUT2D eigenvalue weighted by Gasteiger charge is 2.20. The molecule has 6 aromatic rings. The number of amides is 1. The van der Waals surface area contributed by atoms with Gasteiger partial charge >= 0.3 is 5.97 Å². The minimum Gasteiger partial charge on any atom is -0.457 e. The number of aryl methyl sites for hydroxylation is 1. The lowest BCUT2D eigenvalue weighted by Gasteiger charge is -2.13. The van der Waals surface area contributed by atoms with Crippen molar-refractivity contribution in [3.8, 4) is 11.5 Å². The number of hydrogen-bond donors (Lipinski definition) is 1. The zero-order valence-electron chi connectivity index (χ0n) is 23.8. The van der Waals surface area contributed by atoms with Gasteiger partial charge in [-0.1, -0.05) is 61.5 Å². The Bertz CT molecular complexity index is 1980. The van der Waals surface area contributed by atoms with Crippen molar-refractivity contribution in [1.82, 2.24) is 24.7 Å². The molecule has 0 radical (unpaired) electrons. The van der Waals surface area contributed by atoms with Crippen LogP contribution >= 0.6 is 0 Å². The van der Waals surface area contributed by atoms with Crippen molar-refractivity contribution in [1.29, 1.82) is 0 Å². The van der Waals surface area contributed by atoms with Crippen LogP contribution in [0.4, 0.5) is 10.2 Å². The fraction of sp³-hybridized carbons (Fsp3) is 0.118. The monoisotopic (exact) mass is 586 g/mol. The molecule has 1 N–H and O–H groups in total. The van der Waals surface area contributed by atoms with Crippen LogP contribution in [0.3, 0.4) is 0 Å². The number of rotatable bonds is 9. The predicted octanol–water partition coefficient (Wildman–Crippen LogP) is 6.25. The normalized spacial score (nSPS) is 11.0. The van der Waals surface area contributed by atoms with Gasteiger partial charge < -0.3 is 10.1 Å². The number of aromatic nitrogens is 5.